The maximum Gasteiger partial charge on any atom is 0.254 e. The number of nitrogens with one attached hydrogen (secondary N) is 1. The summed E-state index contributed by atoms with van der Waals surface area (Å²) >= 11 is 0. The zero-order valence-electron chi connectivity index (χ0n) is 15.8. The lowest BCUT2D eigenvalue weighted by Crippen LogP contribution is -2.30. The Hall–Kier alpha value is -2.17. The van der Waals surface area contributed by atoms with Crippen LogP contribution in [-0.2, 0) is 0 Å². The van der Waals surface area contributed by atoms with Crippen LogP contribution in [-0.4, -0.2) is 27.2 Å². The fourth-order valence-corrected chi connectivity index (χ4v) is 3.03. The first-order valence-electron chi connectivity index (χ1n) is 9.35. The van der Waals surface area contributed by atoms with E-state index in [1.54, 1.807) is 17.1 Å². The van der Waals surface area contributed by atoms with E-state index in [0.717, 1.165) is 30.9 Å². The maximum atomic E-state index is 12.7. The fraction of sp³-hybridized carbons (Fsp3) is 0.550. The first kappa shape index (κ1) is 19.2. The number of amides is 1. The molecule has 2 heterocycles. The molecule has 0 aliphatic heterocycles. The van der Waals surface area contributed by atoms with Crippen LogP contribution in [0.4, 0.5) is 0 Å². The standard InChI is InChI=1S/C20H30N4O/c1-5-7-10-16(6-2)13-22-20(25)17-14-23-24(19(17)15(3)4)18-11-8-9-12-21-18/h8-9,11-12,14-16H,5-7,10,13H2,1-4H3,(H,22,25). The number of pyridine rings is 1. The molecule has 25 heavy (non-hydrogen) atoms. The van der Waals surface area contributed by atoms with Gasteiger partial charge in [0.05, 0.1) is 17.5 Å². The lowest BCUT2D eigenvalue weighted by molar-refractivity contribution is 0.0944. The molecular formula is C20H30N4O. The van der Waals surface area contributed by atoms with E-state index in [1.807, 2.05) is 18.2 Å². The molecule has 5 heteroatoms. The monoisotopic (exact) mass is 342 g/mol. The van der Waals surface area contributed by atoms with Gasteiger partial charge in [0.2, 0.25) is 0 Å². The van der Waals surface area contributed by atoms with E-state index in [4.69, 9.17) is 0 Å². The maximum absolute atomic E-state index is 12.7. The third-order valence-corrected chi connectivity index (χ3v) is 4.56. The SMILES string of the molecule is CCCCC(CC)CNC(=O)c1cnn(-c2ccccn2)c1C(C)C. The van der Waals surface area contributed by atoms with E-state index in [1.165, 1.54) is 12.8 Å². The largest absolute Gasteiger partial charge is 0.352 e. The molecule has 136 valence electrons. The second-order valence-corrected chi connectivity index (χ2v) is 6.82. The molecule has 0 aliphatic carbocycles. The predicted molar refractivity (Wildman–Crippen MR) is 101 cm³/mol. The number of unbranched alkanes of at least 4 members (excludes halogenated alkanes) is 1. The Morgan fingerprint density at radius 3 is 2.68 bits per heavy atom. The number of hydrogen-bond donors (Lipinski definition) is 1. The molecule has 5 nitrogen and oxygen atoms in total. The van der Waals surface area contributed by atoms with E-state index in [9.17, 15) is 4.79 Å². The van der Waals surface area contributed by atoms with Gasteiger partial charge in [0.15, 0.2) is 5.82 Å². The molecule has 0 fully saturated rings. The number of carbonyl (C=O) groups is 1. The van der Waals surface area contributed by atoms with E-state index in [2.05, 4.69) is 43.1 Å². The van der Waals surface area contributed by atoms with Crippen molar-refractivity contribution in [3.8, 4) is 5.82 Å². The average molecular weight is 342 g/mol. The predicted octanol–water partition coefficient (Wildman–Crippen LogP) is 4.34. The minimum Gasteiger partial charge on any atom is -0.352 e. The number of nitrogens with zero attached hydrogens (tertiary/aromatic N) is 3. The summed E-state index contributed by atoms with van der Waals surface area (Å²) in [7, 11) is 0. The molecule has 0 saturated heterocycles. The van der Waals surface area contributed by atoms with Gasteiger partial charge in [-0.3, -0.25) is 4.79 Å². The lowest BCUT2D eigenvalue weighted by atomic mass is 9.99. The van der Waals surface area contributed by atoms with Crippen molar-refractivity contribution in [2.45, 2.75) is 59.3 Å². The highest BCUT2D eigenvalue weighted by atomic mass is 16.1. The van der Waals surface area contributed by atoms with Crippen LogP contribution in [0.5, 0.6) is 0 Å². The van der Waals surface area contributed by atoms with Gasteiger partial charge < -0.3 is 5.32 Å². The molecule has 0 radical (unpaired) electrons. The smallest absolute Gasteiger partial charge is 0.254 e. The van der Waals surface area contributed by atoms with Crippen LogP contribution in [0.25, 0.3) is 5.82 Å². The Balaban J connectivity index is 2.16. The second kappa shape index (κ2) is 9.35. The topological polar surface area (TPSA) is 59.8 Å². The van der Waals surface area contributed by atoms with Crippen LogP contribution in [0.2, 0.25) is 0 Å². The van der Waals surface area contributed by atoms with Crippen molar-refractivity contribution in [1.29, 1.82) is 0 Å². The Kier molecular flexibility index (Phi) is 7.16. The molecule has 0 aromatic carbocycles. The van der Waals surface area contributed by atoms with Gasteiger partial charge >= 0.3 is 0 Å². The van der Waals surface area contributed by atoms with Crippen molar-refractivity contribution in [3.63, 3.8) is 0 Å². The van der Waals surface area contributed by atoms with Crippen molar-refractivity contribution in [3.05, 3.63) is 41.9 Å². The van der Waals surface area contributed by atoms with Gasteiger partial charge in [0, 0.05) is 12.7 Å². The van der Waals surface area contributed by atoms with E-state index in [0.29, 0.717) is 11.5 Å². The number of hydrogen-bond acceptors (Lipinski definition) is 3. The summed E-state index contributed by atoms with van der Waals surface area (Å²) in [5.41, 5.74) is 1.55. The normalized spacial score (nSPS) is 12.4. The van der Waals surface area contributed by atoms with Crippen molar-refractivity contribution in [2.24, 2.45) is 5.92 Å². The highest BCUT2D eigenvalue weighted by Crippen LogP contribution is 2.22. The summed E-state index contributed by atoms with van der Waals surface area (Å²) in [5.74, 6) is 1.41. The van der Waals surface area contributed by atoms with E-state index >= 15 is 0 Å². The van der Waals surface area contributed by atoms with Gasteiger partial charge in [0.1, 0.15) is 0 Å². The van der Waals surface area contributed by atoms with Crippen LogP contribution in [0.3, 0.4) is 0 Å². The summed E-state index contributed by atoms with van der Waals surface area (Å²) in [6, 6.07) is 5.70. The highest BCUT2D eigenvalue weighted by molar-refractivity contribution is 5.95. The lowest BCUT2D eigenvalue weighted by Gasteiger charge is -2.16. The van der Waals surface area contributed by atoms with Gasteiger partial charge in [-0.1, -0.05) is 53.0 Å². The first-order valence-corrected chi connectivity index (χ1v) is 9.35. The van der Waals surface area contributed by atoms with E-state index < -0.39 is 0 Å². The average Bonchev–Trinajstić information content (AvgIpc) is 3.08. The highest BCUT2D eigenvalue weighted by Gasteiger charge is 2.21. The first-order chi connectivity index (χ1) is 12.1. The van der Waals surface area contributed by atoms with Crippen LogP contribution in [0.15, 0.2) is 30.6 Å². The third-order valence-electron chi connectivity index (χ3n) is 4.56. The summed E-state index contributed by atoms with van der Waals surface area (Å²) in [4.78, 5) is 17.1. The Morgan fingerprint density at radius 2 is 2.08 bits per heavy atom. The van der Waals surface area contributed by atoms with Crippen LogP contribution < -0.4 is 5.32 Å². The van der Waals surface area contributed by atoms with Gasteiger partial charge in [-0.2, -0.15) is 5.10 Å². The van der Waals surface area contributed by atoms with Gasteiger partial charge in [-0.15, -0.1) is 0 Å². The van der Waals surface area contributed by atoms with E-state index in [-0.39, 0.29) is 11.8 Å². The summed E-state index contributed by atoms with van der Waals surface area (Å²) < 4.78 is 1.77. The number of carbonyl (C=O) groups excluding carboxylic acids is 1. The Bertz CT molecular complexity index is 664. The summed E-state index contributed by atoms with van der Waals surface area (Å²) in [6.45, 7) is 9.26. The molecule has 0 saturated carbocycles. The fourth-order valence-electron chi connectivity index (χ4n) is 3.03. The van der Waals surface area contributed by atoms with Crippen LogP contribution in [0.1, 0.15) is 75.3 Å². The molecule has 0 spiro atoms. The van der Waals surface area contributed by atoms with Crippen molar-refractivity contribution < 1.29 is 4.79 Å². The molecule has 0 aliphatic rings. The summed E-state index contributed by atoms with van der Waals surface area (Å²) in [6.07, 6.45) is 8.05. The summed E-state index contributed by atoms with van der Waals surface area (Å²) in [5, 5.41) is 7.53. The Labute approximate surface area is 150 Å². The van der Waals surface area contributed by atoms with Gasteiger partial charge in [0.25, 0.3) is 5.91 Å². The van der Waals surface area contributed by atoms with Crippen LogP contribution in [0, 0.1) is 5.92 Å². The zero-order chi connectivity index (χ0) is 18.2. The molecule has 2 aromatic rings. The molecule has 2 rings (SSSR count). The molecule has 2 aromatic heterocycles. The molecule has 1 N–H and O–H groups in total. The van der Waals surface area contributed by atoms with Crippen molar-refractivity contribution in [1.82, 2.24) is 20.1 Å². The second-order valence-electron chi connectivity index (χ2n) is 6.82. The van der Waals surface area contributed by atoms with Crippen molar-refractivity contribution in [2.75, 3.05) is 6.54 Å². The van der Waals surface area contributed by atoms with Gasteiger partial charge in [-0.05, 0) is 30.4 Å². The zero-order valence-corrected chi connectivity index (χ0v) is 15.8. The molecule has 1 atom stereocenters. The number of rotatable bonds is 9. The number of aromatic nitrogens is 3. The molecular weight excluding hydrogens is 312 g/mol. The third kappa shape index (κ3) is 4.91. The minimum atomic E-state index is -0.0409. The molecule has 0 bridgehead atoms. The molecule has 1 amide bonds. The van der Waals surface area contributed by atoms with Crippen molar-refractivity contribution >= 4 is 5.91 Å². The van der Waals surface area contributed by atoms with Crippen LogP contribution >= 0.6 is 0 Å². The van der Waals surface area contributed by atoms with Gasteiger partial charge in [-0.25, -0.2) is 9.67 Å². The Morgan fingerprint density at radius 1 is 1.28 bits per heavy atom. The molecule has 1 unspecified atom stereocenters. The quantitative estimate of drug-likeness (QED) is 0.737. The minimum absolute atomic E-state index is 0.0409.